The van der Waals surface area contributed by atoms with E-state index in [4.69, 9.17) is 0 Å². The molecule has 0 saturated heterocycles. The summed E-state index contributed by atoms with van der Waals surface area (Å²) < 4.78 is 0. The van der Waals surface area contributed by atoms with Crippen LogP contribution in [-0.4, -0.2) is 11.8 Å². The Balaban J connectivity index is 2.40. The molecule has 66 valence electrons. The Kier molecular flexibility index (Phi) is 1.73. The van der Waals surface area contributed by atoms with Crippen LogP contribution in [0.3, 0.4) is 0 Å². The van der Waals surface area contributed by atoms with Crippen LogP contribution in [-0.2, 0) is 16.1 Å². The smallest absolute Gasteiger partial charge is 0.313 e. The highest BCUT2D eigenvalue weighted by atomic mass is 16.2. The SMILES string of the molecule is O=C1NCc2ccccc2NC1=O. The molecule has 1 aromatic rings. The van der Waals surface area contributed by atoms with Crippen molar-refractivity contribution in [1.29, 1.82) is 0 Å². The number of hydrogen-bond donors (Lipinski definition) is 2. The Morgan fingerprint density at radius 2 is 1.85 bits per heavy atom. The monoisotopic (exact) mass is 176 g/mol. The summed E-state index contributed by atoms with van der Waals surface area (Å²) in [6.45, 7) is 0.397. The molecule has 0 aliphatic carbocycles. The second kappa shape index (κ2) is 2.90. The Morgan fingerprint density at radius 1 is 1.08 bits per heavy atom. The van der Waals surface area contributed by atoms with Gasteiger partial charge in [0, 0.05) is 12.2 Å². The van der Waals surface area contributed by atoms with Crippen LogP contribution >= 0.6 is 0 Å². The maximum atomic E-state index is 11.1. The molecule has 4 nitrogen and oxygen atoms in total. The number of amides is 2. The first-order valence-corrected chi connectivity index (χ1v) is 3.94. The van der Waals surface area contributed by atoms with E-state index in [1.807, 2.05) is 18.2 Å². The lowest BCUT2D eigenvalue weighted by Gasteiger charge is -2.02. The molecule has 2 N–H and O–H groups in total. The van der Waals surface area contributed by atoms with Gasteiger partial charge in [-0.3, -0.25) is 9.59 Å². The molecule has 0 spiro atoms. The van der Waals surface area contributed by atoms with Crippen molar-refractivity contribution in [3.05, 3.63) is 29.8 Å². The number of anilines is 1. The van der Waals surface area contributed by atoms with Gasteiger partial charge in [0.2, 0.25) is 0 Å². The van der Waals surface area contributed by atoms with E-state index in [9.17, 15) is 9.59 Å². The van der Waals surface area contributed by atoms with Crippen molar-refractivity contribution in [1.82, 2.24) is 5.32 Å². The number of carbonyl (C=O) groups is 2. The highest BCUT2D eigenvalue weighted by molar-refractivity contribution is 6.40. The summed E-state index contributed by atoms with van der Waals surface area (Å²) in [4.78, 5) is 22.0. The Morgan fingerprint density at radius 3 is 2.69 bits per heavy atom. The van der Waals surface area contributed by atoms with Gasteiger partial charge in [0.15, 0.2) is 0 Å². The zero-order valence-corrected chi connectivity index (χ0v) is 6.83. The van der Waals surface area contributed by atoms with Crippen LogP contribution in [0, 0.1) is 0 Å². The number of benzene rings is 1. The molecule has 2 rings (SSSR count). The lowest BCUT2D eigenvalue weighted by atomic mass is 10.2. The summed E-state index contributed by atoms with van der Waals surface area (Å²) in [7, 11) is 0. The van der Waals surface area contributed by atoms with Crippen molar-refractivity contribution < 1.29 is 9.59 Å². The molecule has 0 bridgehead atoms. The fraction of sp³-hybridized carbons (Fsp3) is 0.111. The zero-order valence-electron chi connectivity index (χ0n) is 6.83. The zero-order chi connectivity index (χ0) is 9.26. The molecule has 0 unspecified atom stereocenters. The standard InChI is InChI=1S/C9H8N2O2/c12-8-9(13)11-7-4-2-1-3-6(7)5-10-8/h1-4H,5H2,(H,10,12)(H,11,13). The van der Waals surface area contributed by atoms with Crippen molar-refractivity contribution in [2.24, 2.45) is 0 Å². The van der Waals surface area contributed by atoms with E-state index in [1.165, 1.54) is 0 Å². The Bertz CT molecular complexity index is 374. The Labute approximate surface area is 74.9 Å². The number of hydrogen-bond acceptors (Lipinski definition) is 2. The molecule has 0 aromatic heterocycles. The van der Waals surface area contributed by atoms with Gasteiger partial charge < -0.3 is 10.6 Å². The van der Waals surface area contributed by atoms with Crippen LogP contribution in [0.1, 0.15) is 5.56 Å². The van der Waals surface area contributed by atoms with Crippen LogP contribution in [0.2, 0.25) is 0 Å². The summed E-state index contributed by atoms with van der Waals surface area (Å²) in [5, 5.41) is 5.02. The molecule has 2 amide bonds. The van der Waals surface area contributed by atoms with Gasteiger partial charge in [-0.1, -0.05) is 18.2 Å². The molecule has 0 atom stereocenters. The van der Waals surface area contributed by atoms with E-state index in [1.54, 1.807) is 6.07 Å². The number of carbonyl (C=O) groups excluding carboxylic acids is 2. The largest absolute Gasteiger partial charge is 0.344 e. The van der Waals surface area contributed by atoms with E-state index in [2.05, 4.69) is 10.6 Å². The second-order valence-electron chi connectivity index (χ2n) is 2.79. The lowest BCUT2D eigenvalue weighted by molar-refractivity contribution is -0.136. The summed E-state index contributed by atoms with van der Waals surface area (Å²) in [5.41, 5.74) is 1.62. The predicted octanol–water partition coefficient (Wildman–Crippen LogP) is 0.255. The van der Waals surface area contributed by atoms with Gasteiger partial charge in [0.05, 0.1) is 0 Å². The molecule has 4 heteroatoms. The van der Waals surface area contributed by atoms with E-state index < -0.39 is 11.8 Å². The third-order valence-corrected chi connectivity index (χ3v) is 1.91. The van der Waals surface area contributed by atoms with E-state index in [0.29, 0.717) is 12.2 Å². The van der Waals surface area contributed by atoms with Crippen LogP contribution < -0.4 is 10.6 Å². The molecule has 1 aliphatic heterocycles. The topological polar surface area (TPSA) is 58.2 Å². The molecule has 1 aliphatic rings. The fourth-order valence-corrected chi connectivity index (χ4v) is 1.23. The Hall–Kier alpha value is -1.84. The quantitative estimate of drug-likeness (QED) is 0.557. The fourth-order valence-electron chi connectivity index (χ4n) is 1.23. The number of para-hydroxylation sites is 1. The summed E-state index contributed by atoms with van der Waals surface area (Å²) >= 11 is 0. The molecule has 1 aromatic carbocycles. The van der Waals surface area contributed by atoms with Crippen LogP contribution in [0.15, 0.2) is 24.3 Å². The number of fused-ring (bicyclic) bond motifs is 1. The third-order valence-electron chi connectivity index (χ3n) is 1.91. The number of rotatable bonds is 0. The minimum Gasteiger partial charge on any atom is -0.344 e. The average molecular weight is 176 g/mol. The highest BCUT2D eigenvalue weighted by Gasteiger charge is 2.18. The molecular weight excluding hydrogens is 168 g/mol. The second-order valence-corrected chi connectivity index (χ2v) is 2.79. The van der Waals surface area contributed by atoms with E-state index >= 15 is 0 Å². The first-order valence-electron chi connectivity index (χ1n) is 3.94. The molecule has 0 saturated carbocycles. The normalized spacial score (nSPS) is 15.4. The maximum Gasteiger partial charge on any atom is 0.313 e. The van der Waals surface area contributed by atoms with Crippen LogP contribution in [0.5, 0.6) is 0 Å². The van der Waals surface area contributed by atoms with Gasteiger partial charge in [-0.2, -0.15) is 0 Å². The van der Waals surface area contributed by atoms with Crippen molar-refractivity contribution in [3.8, 4) is 0 Å². The van der Waals surface area contributed by atoms with Gasteiger partial charge in [-0.05, 0) is 11.6 Å². The van der Waals surface area contributed by atoms with Gasteiger partial charge in [0.25, 0.3) is 0 Å². The van der Waals surface area contributed by atoms with Crippen molar-refractivity contribution in [2.75, 3.05) is 5.32 Å². The molecule has 0 radical (unpaired) electrons. The lowest BCUT2D eigenvalue weighted by Crippen LogP contribution is -2.31. The highest BCUT2D eigenvalue weighted by Crippen LogP contribution is 2.16. The molecule has 0 fully saturated rings. The first-order chi connectivity index (χ1) is 6.27. The molecule has 1 heterocycles. The molecular formula is C9H8N2O2. The summed E-state index contributed by atoms with van der Waals surface area (Å²) in [6, 6.07) is 7.31. The van der Waals surface area contributed by atoms with Crippen molar-refractivity contribution in [3.63, 3.8) is 0 Å². The van der Waals surface area contributed by atoms with Crippen molar-refractivity contribution in [2.45, 2.75) is 6.54 Å². The van der Waals surface area contributed by atoms with Gasteiger partial charge in [-0.15, -0.1) is 0 Å². The van der Waals surface area contributed by atoms with E-state index in [-0.39, 0.29) is 0 Å². The predicted molar refractivity (Wildman–Crippen MR) is 46.9 cm³/mol. The summed E-state index contributed by atoms with van der Waals surface area (Å²) in [6.07, 6.45) is 0. The molecule has 13 heavy (non-hydrogen) atoms. The first kappa shape index (κ1) is 7.79. The van der Waals surface area contributed by atoms with Gasteiger partial charge in [0.1, 0.15) is 0 Å². The minimum absolute atomic E-state index is 0.397. The average Bonchev–Trinajstić information content (AvgIpc) is 2.28. The maximum absolute atomic E-state index is 11.1. The van der Waals surface area contributed by atoms with Gasteiger partial charge in [-0.25, -0.2) is 0 Å². The minimum atomic E-state index is -0.607. The third kappa shape index (κ3) is 1.38. The number of nitrogens with one attached hydrogen (secondary N) is 2. The van der Waals surface area contributed by atoms with Gasteiger partial charge >= 0.3 is 11.8 Å². The van der Waals surface area contributed by atoms with Crippen LogP contribution in [0.25, 0.3) is 0 Å². The van der Waals surface area contributed by atoms with Crippen molar-refractivity contribution >= 4 is 17.5 Å². The van der Waals surface area contributed by atoms with E-state index in [0.717, 1.165) is 5.56 Å². The summed E-state index contributed by atoms with van der Waals surface area (Å²) in [5.74, 6) is -1.19. The van der Waals surface area contributed by atoms with Crippen LogP contribution in [0.4, 0.5) is 5.69 Å².